The lowest BCUT2D eigenvalue weighted by atomic mass is 10.1. The maximum absolute atomic E-state index is 12.0. The molecule has 0 aliphatic carbocycles. The molecular formula is C16H14O6. The minimum Gasteiger partial charge on any atom is -0.509 e. The second-order valence-electron chi connectivity index (χ2n) is 4.61. The van der Waals surface area contributed by atoms with Crippen LogP contribution in [0, 0.1) is 0 Å². The van der Waals surface area contributed by atoms with Crippen molar-refractivity contribution in [1.82, 2.24) is 0 Å². The summed E-state index contributed by atoms with van der Waals surface area (Å²) in [5.74, 6) is -1.53. The number of aliphatic hydroxyl groups excluding tert-OH is 2. The van der Waals surface area contributed by atoms with E-state index in [1.807, 2.05) is 0 Å². The molecule has 0 bridgehead atoms. The van der Waals surface area contributed by atoms with Crippen molar-refractivity contribution in [3.8, 4) is 11.5 Å². The van der Waals surface area contributed by atoms with Crippen LogP contribution in [0.2, 0.25) is 0 Å². The Kier molecular flexibility index (Phi) is 3.94. The van der Waals surface area contributed by atoms with Crippen molar-refractivity contribution in [2.75, 3.05) is 0 Å². The summed E-state index contributed by atoms with van der Waals surface area (Å²) in [6.07, 6.45) is 2.52. The van der Waals surface area contributed by atoms with Gasteiger partial charge in [0.15, 0.2) is 22.5 Å². The average molecular weight is 302 g/mol. The molecule has 6 heteroatoms. The highest BCUT2D eigenvalue weighted by atomic mass is 16.4. The number of phenols is 2. The zero-order chi connectivity index (χ0) is 16.4. The molecule has 0 amide bonds. The third kappa shape index (κ3) is 2.80. The normalized spacial score (nSPS) is 12.6. The molecule has 0 unspecified atom stereocenters. The minimum atomic E-state index is -0.540. The Balaban J connectivity index is 2.54. The van der Waals surface area contributed by atoms with E-state index >= 15 is 0 Å². The number of benzene rings is 1. The highest BCUT2D eigenvalue weighted by molar-refractivity contribution is 5.86. The number of rotatable bonds is 3. The van der Waals surface area contributed by atoms with Gasteiger partial charge >= 0.3 is 0 Å². The molecule has 0 aliphatic heterocycles. The van der Waals surface area contributed by atoms with E-state index in [0.717, 1.165) is 0 Å². The molecule has 0 spiro atoms. The predicted octanol–water partition coefficient (Wildman–Crippen LogP) is 3.12. The standard InChI is InChI=1S/C16H14O6/c1-8(3-5-11(18)9(2)17)14-7-13(20)10-4-6-12(19)15(21)16(10)22-14/h3-7,17-19,21H,1H2,2H3/b5-3-,11-9-. The Morgan fingerprint density at radius 2 is 1.91 bits per heavy atom. The van der Waals surface area contributed by atoms with Gasteiger partial charge in [-0.25, -0.2) is 0 Å². The molecule has 6 nitrogen and oxygen atoms in total. The SMILES string of the molecule is C=C(/C=C\C(O)=C(/C)O)c1cc(=O)c2ccc(O)c(O)c2o1. The van der Waals surface area contributed by atoms with Gasteiger partial charge in [-0.2, -0.15) is 0 Å². The second kappa shape index (κ2) is 5.69. The van der Waals surface area contributed by atoms with Crippen LogP contribution in [0.3, 0.4) is 0 Å². The third-order valence-electron chi connectivity index (χ3n) is 2.98. The van der Waals surface area contributed by atoms with Crippen LogP contribution >= 0.6 is 0 Å². The lowest BCUT2D eigenvalue weighted by Gasteiger charge is -2.05. The van der Waals surface area contributed by atoms with Crippen LogP contribution in [0.1, 0.15) is 12.7 Å². The highest BCUT2D eigenvalue weighted by Crippen LogP contribution is 2.33. The van der Waals surface area contributed by atoms with Crippen LogP contribution in [0.15, 0.2) is 57.7 Å². The van der Waals surface area contributed by atoms with E-state index in [-0.39, 0.29) is 33.8 Å². The van der Waals surface area contributed by atoms with E-state index in [4.69, 9.17) is 9.52 Å². The van der Waals surface area contributed by atoms with Crippen molar-refractivity contribution in [2.24, 2.45) is 0 Å². The van der Waals surface area contributed by atoms with Crippen LogP contribution in [-0.4, -0.2) is 20.4 Å². The maximum Gasteiger partial charge on any atom is 0.201 e. The molecule has 114 valence electrons. The highest BCUT2D eigenvalue weighted by Gasteiger charge is 2.13. The minimum absolute atomic E-state index is 0.0537. The summed E-state index contributed by atoms with van der Waals surface area (Å²) < 4.78 is 5.39. The summed E-state index contributed by atoms with van der Waals surface area (Å²) in [5, 5.41) is 37.8. The molecule has 1 heterocycles. The number of aliphatic hydroxyl groups is 2. The molecule has 22 heavy (non-hydrogen) atoms. The molecule has 0 atom stereocenters. The number of hydrogen-bond acceptors (Lipinski definition) is 6. The van der Waals surface area contributed by atoms with Crippen molar-refractivity contribution in [3.05, 3.63) is 64.4 Å². The molecule has 0 radical (unpaired) electrons. The Hall–Kier alpha value is -3.15. The Bertz CT molecular complexity index is 866. The fourth-order valence-electron chi connectivity index (χ4n) is 1.73. The summed E-state index contributed by atoms with van der Waals surface area (Å²) in [5.41, 5.74) is -0.344. The van der Waals surface area contributed by atoms with E-state index in [1.165, 1.54) is 37.3 Å². The van der Waals surface area contributed by atoms with E-state index in [9.17, 15) is 20.1 Å². The van der Waals surface area contributed by atoms with Gasteiger partial charge in [0.1, 0.15) is 11.5 Å². The van der Waals surface area contributed by atoms with Crippen molar-refractivity contribution in [2.45, 2.75) is 6.92 Å². The quantitative estimate of drug-likeness (QED) is 0.394. The molecule has 2 aromatic rings. The largest absolute Gasteiger partial charge is 0.509 e. The zero-order valence-electron chi connectivity index (χ0n) is 11.7. The first kappa shape index (κ1) is 15.2. The monoisotopic (exact) mass is 302 g/mol. The number of allylic oxidation sites excluding steroid dienone is 4. The summed E-state index contributed by atoms with van der Waals surface area (Å²) in [6.45, 7) is 4.98. The van der Waals surface area contributed by atoms with Gasteiger partial charge in [-0.3, -0.25) is 4.79 Å². The van der Waals surface area contributed by atoms with Crippen LogP contribution in [0.4, 0.5) is 0 Å². The van der Waals surface area contributed by atoms with Gasteiger partial charge in [0, 0.05) is 11.6 Å². The fraction of sp³-hybridized carbons (Fsp3) is 0.0625. The molecule has 0 fully saturated rings. The van der Waals surface area contributed by atoms with E-state index in [2.05, 4.69) is 6.58 Å². The fourth-order valence-corrected chi connectivity index (χ4v) is 1.73. The molecule has 1 aromatic carbocycles. The van der Waals surface area contributed by atoms with Gasteiger partial charge < -0.3 is 24.8 Å². The Morgan fingerprint density at radius 1 is 1.23 bits per heavy atom. The van der Waals surface area contributed by atoms with Crippen molar-refractivity contribution < 1.29 is 24.8 Å². The smallest absolute Gasteiger partial charge is 0.201 e. The van der Waals surface area contributed by atoms with Crippen LogP contribution in [0.5, 0.6) is 11.5 Å². The Labute approximate surface area is 125 Å². The summed E-state index contributed by atoms with van der Waals surface area (Å²) >= 11 is 0. The molecule has 0 saturated heterocycles. The molecule has 2 rings (SSSR count). The lowest BCUT2D eigenvalue weighted by molar-refractivity contribution is 0.340. The molecule has 1 aromatic heterocycles. The van der Waals surface area contributed by atoms with Gasteiger partial charge in [-0.05, 0) is 31.2 Å². The Morgan fingerprint density at radius 3 is 2.55 bits per heavy atom. The van der Waals surface area contributed by atoms with Crippen molar-refractivity contribution in [3.63, 3.8) is 0 Å². The first-order valence-corrected chi connectivity index (χ1v) is 6.26. The van der Waals surface area contributed by atoms with Gasteiger partial charge in [0.2, 0.25) is 5.75 Å². The number of phenolic OH excluding ortho intramolecular Hbond substituents is 2. The summed E-state index contributed by atoms with van der Waals surface area (Å²) in [6, 6.07) is 3.70. The summed E-state index contributed by atoms with van der Waals surface area (Å²) in [4.78, 5) is 12.0. The van der Waals surface area contributed by atoms with Gasteiger partial charge in [-0.1, -0.05) is 6.58 Å². The summed E-state index contributed by atoms with van der Waals surface area (Å²) in [7, 11) is 0. The first-order chi connectivity index (χ1) is 10.3. The topological polar surface area (TPSA) is 111 Å². The van der Waals surface area contributed by atoms with E-state index < -0.39 is 16.9 Å². The van der Waals surface area contributed by atoms with Gasteiger partial charge in [-0.15, -0.1) is 0 Å². The predicted molar refractivity (Wildman–Crippen MR) is 81.9 cm³/mol. The second-order valence-corrected chi connectivity index (χ2v) is 4.61. The molecular weight excluding hydrogens is 288 g/mol. The van der Waals surface area contributed by atoms with Crippen molar-refractivity contribution >= 4 is 16.5 Å². The van der Waals surface area contributed by atoms with Gasteiger partial charge in [0.25, 0.3) is 0 Å². The average Bonchev–Trinajstić information content (AvgIpc) is 2.48. The molecule has 4 N–H and O–H groups in total. The van der Waals surface area contributed by atoms with Crippen LogP contribution < -0.4 is 5.43 Å². The number of aromatic hydroxyl groups is 2. The van der Waals surface area contributed by atoms with E-state index in [0.29, 0.717) is 0 Å². The van der Waals surface area contributed by atoms with E-state index in [1.54, 1.807) is 0 Å². The lowest BCUT2D eigenvalue weighted by Crippen LogP contribution is -2.01. The first-order valence-electron chi connectivity index (χ1n) is 6.26. The zero-order valence-corrected chi connectivity index (χ0v) is 11.7. The molecule has 0 aliphatic rings. The maximum atomic E-state index is 12.0. The van der Waals surface area contributed by atoms with Gasteiger partial charge in [0.05, 0.1) is 5.39 Å². The van der Waals surface area contributed by atoms with Crippen molar-refractivity contribution in [1.29, 1.82) is 0 Å². The third-order valence-corrected chi connectivity index (χ3v) is 2.98. The van der Waals surface area contributed by atoms with Crippen LogP contribution in [-0.2, 0) is 0 Å². The molecule has 0 saturated carbocycles. The number of hydrogen-bond donors (Lipinski definition) is 4. The number of fused-ring (bicyclic) bond motifs is 1. The van der Waals surface area contributed by atoms with Crippen LogP contribution in [0.25, 0.3) is 16.5 Å².